The summed E-state index contributed by atoms with van der Waals surface area (Å²) in [5.74, 6) is 0.426. The van der Waals surface area contributed by atoms with Crippen molar-refractivity contribution in [1.29, 1.82) is 0 Å². The van der Waals surface area contributed by atoms with Crippen molar-refractivity contribution < 1.29 is 14.3 Å². The number of ether oxygens (including phenoxy) is 1. The van der Waals surface area contributed by atoms with Gasteiger partial charge in [0.25, 0.3) is 11.8 Å². The van der Waals surface area contributed by atoms with Crippen LogP contribution in [-0.2, 0) is 0 Å². The van der Waals surface area contributed by atoms with E-state index in [9.17, 15) is 9.59 Å². The lowest BCUT2D eigenvalue weighted by Crippen LogP contribution is -2.47. The molecule has 1 aliphatic heterocycles. The van der Waals surface area contributed by atoms with Crippen molar-refractivity contribution in [3.8, 4) is 5.75 Å². The fourth-order valence-corrected chi connectivity index (χ4v) is 4.71. The van der Waals surface area contributed by atoms with Crippen LogP contribution in [0.1, 0.15) is 33.6 Å². The summed E-state index contributed by atoms with van der Waals surface area (Å²) in [6.07, 6.45) is 2.00. The molecule has 5 rings (SSSR count). The minimum absolute atomic E-state index is 0.117. The first-order valence-corrected chi connectivity index (χ1v) is 12.5. The van der Waals surface area contributed by atoms with Gasteiger partial charge in [-0.25, -0.2) is 0 Å². The zero-order valence-corrected chi connectivity index (χ0v) is 20.9. The van der Waals surface area contributed by atoms with Gasteiger partial charge in [0, 0.05) is 43.6 Å². The van der Waals surface area contributed by atoms with E-state index in [1.807, 2.05) is 30.3 Å². The van der Waals surface area contributed by atoms with Crippen LogP contribution >= 0.6 is 11.6 Å². The summed E-state index contributed by atoms with van der Waals surface area (Å²) in [5.41, 5.74) is 3.44. The van der Waals surface area contributed by atoms with Gasteiger partial charge in [-0.05, 0) is 55.3 Å². The molecule has 3 aromatic rings. The molecule has 0 unspecified atom stereocenters. The molecule has 0 atom stereocenters. The fourth-order valence-electron chi connectivity index (χ4n) is 4.49. The molecule has 0 spiro atoms. The predicted octanol–water partition coefficient (Wildman–Crippen LogP) is 4.82. The molecule has 2 fully saturated rings. The first-order chi connectivity index (χ1) is 17.5. The zero-order valence-electron chi connectivity index (χ0n) is 20.2. The smallest absolute Gasteiger partial charge is 0.257 e. The van der Waals surface area contributed by atoms with E-state index in [1.54, 1.807) is 37.4 Å². The van der Waals surface area contributed by atoms with E-state index in [1.165, 1.54) is 0 Å². The Bertz CT molecular complexity index is 1270. The van der Waals surface area contributed by atoms with Gasteiger partial charge in [0.2, 0.25) is 0 Å². The molecule has 0 aromatic heterocycles. The van der Waals surface area contributed by atoms with Gasteiger partial charge >= 0.3 is 0 Å². The maximum atomic E-state index is 13.2. The third-order valence-electron chi connectivity index (χ3n) is 6.58. The lowest BCUT2D eigenvalue weighted by atomic mass is 10.1. The number of hydrogen-bond donors (Lipinski definition) is 2. The summed E-state index contributed by atoms with van der Waals surface area (Å²) in [6, 6.07) is 20.7. The second kappa shape index (κ2) is 10.5. The number of nitrogens with zero attached hydrogens (tertiary/aromatic N) is 2. The number of carbonyl (C=O) groups excluding carboxylic acids is 2. The topological polar surface area (TPSA) is 73.9 Å². The minimum atomic E-state index is -0.313. The number of anilines is 3. The Balaban J connectivity index is 1.36. The number of para-hydroxylation sites is 2. The van der Waals surface area contributed by atoms with E-state index in [-0.39, 0.29) is 17.9 Å². The predicted molar refractivity (Wildman–Crippen MR) is 144 cm³/mol. The maximum Gasteiger partial charge on any atom is 0.257 e. The third-order valence-corrected chi connectivity index (χ3v) is 6.91. The first kappa shape index (κ1) is 24.0. The van der Waals surface area contributed by atoms with Gasteiger partial charge < -0.3 is 25.2 Å². The first-order valence-electron chi connectivity index (χ1n) is 12.2. The highest BCUT2D eigenvalue weighted by Gasteiger charge is 2.28. The fraction of sp³-hybridized carbons (Fsp3) is 0.286. The van der Waals surface area contributed by atoms with Gasteiger partial charge in [0.15, 0.2) is 0 Å². The average molecular weight is 505 g/mol. The van der Waals surface area contributed by atoms with E-state index in [0.29, 0.717) is 21.8 Å². The van der Waals surface area contributed by atoms with Gasteiger partial charge in [-0.2, -0.15) is 0 Å². The molecule has 1 aliphatic carbocycles. The number of halogens is 1. The molecular weight excluding hydrogens is 476 g/mol. The molecule has 2 amide bonds. The normalized spacial score (nSPS) is 15.4. The molecule has 36 heavy (non-hydrogen) atoms. The van der Waals surface area contributed by atoms with E-state index in [4.69, 9.17) is 16.3 Å². The Morgan fingerprint density at radius 3 is 2.19 bits per heavy atom. The van der Waals surface area contributed by atoms with E-state index < -0.39 is 0 Å². The quantitative estimate of drug-likeness (QED) is 0.482. The summed E-state index contributed by atoms with van der Waals surface area (Å²) in [7, 11) is 1.69. The third kappa shape index (κ3) is 5.26. The van der Waals surface area contributed by atoms with Crippen molar-refractivity contribution in [3.63, 3.8) is 0 Å². The van der Waals surface area contributed by atoms with Crippen LogP contribution in [0.4, 0.5) is 17.1 Å². The average Bonchev–Trinajstić information content (AvgIpc) is 3.73. The molecule has 2 aliphatic rings. The van der Waals surface area contributed by atoms with Crippen LogP contribution in [0.2, 0.25) is 5.02 Å². The Kier molecular flexibility index (Phi) is 7.00. The molecule has 3 aromatic carbocycles. The van der Waals surface area contributed by atoms with Crippen LogP contribution in [0.3, 0.4) is 0 Å². The SMILES string of the molecule is COc1ccccc1N1CCN(c2ccc(NC(=O)c3ccccc3Cl)cc2C(=O)NC2CC2)CC1. The molecule has 0 radical (unpaired) electrons. The van der Waals surface area contributed by atoms with Gasteiger partial charge in [-0.15, -0.1) is 0 Å². The van der Waals surface area contributed by atoms with Crippen LogP contribution < -0.4 is 25.2 Å². The Hall–Kier alpha value is -3.71. The van der Waals surface area contributed by atoms with Gasteiger partial charge in [-0.3, -0.25) is 9.59 Å². The summed E-state index contributed by atoms with van der Waals surface area (Å²) in [5, 5.41) is 6.37. The number of rotatable bonds is 7. The lowest BCUT2D eigenvalue weighted by Gasteiger charge is -2.38. The monoisotopic (exact) mass is 504 g/mol. The largest absolute Gasteiger partial charge is 0.495 e. The highest BCUT2D eigenvalue weighted by molar-refractivity contribution is 6.34. The van der Waals surface area contributed by atoms with Gasteiger partial charge in [-0.1, -0.05) is 35.9 Å². The molecule has 1 saturated heterocycles. The number of amides is 2. The van der Waals surface area contributed by atoms with Crippen LogP contribution in [0.5, 0.6) is 5.75 Å². The van der Waals surface area contributed by atoms with Gasteiger partial charge in [0.05, 0.1) is 28.9 Å². The van der Waals surface area contributed by atoms with E-state index in [0.717, 1.165) is 56.1 Å². The van der Waals surface area contributed by atoms with Crippen LogP contribution in [0.25, 0.3) is 0 Å². The van der Waals surface area contributed by atoms with E-state index in [2.05, 4.69) is 26.5 Å². The Morgan fingerprint density at radius 1 is 0.833 bits per heavy atom. The van der Waals surface area contributed by atoms with E-state index >= 15 is 0 Å². The molecule has 1 saturated carbocycles. The zero-order chi connectivity index (χ0) is 25.1. The molecule has 7 nitrogen and oxygen atoms in total. The molecule has 186 valence electrons. The van der Waals surface area contributed by atoms with Crippen molar-refractivity contribution in [1.82, 2.24) is 5.32 Å². The minimum Gasteiger partial charge on any atom is -0.495 e. The number of hydrogen-bond acceptors (Lipinski definition) is 5. The molecule has 0 bridgehead atoms. The Morgan fingerprint density at radius 2 is 1.50 bits per heavy atom. The van der Waals surface area contributed by atoms with Crippen molar-refractivity contribution in [2.75, 3.05) is 48.4 Å². The lowest BCUT2D eigenvalue weighted by molar-refractivity contribution is 0.0950. The second-order valence-corrected chi connectivity index (χ2v) is 9.47. The molecular formula is C28H29ClN4O3. The van der Waals surface area contributed by atoms with Crippen molar-refractivity contribution in [3.05, 3.63) is 82.9 Å². The number of benzene rings is 3. The summed E-state index contributed by atoms with van der Waals surface area (Å²) in [6.45, 7) is 3.12. The number of carbonyl (C=O) groups is 2. The van der Waals surface area contributed by atoms with Crippen molar-refractivity contribution in [2.45, 2.75) is 18.9 Å². The summed E-state index contributed by atoms with van der Waals surface area (Å²) < 4.78 is 5.54. The summed E-state index contributed by atoms with van der Waals surface area (Å²) >= 11 is 6.19. The van der Waals surface area contributed by atoms with Gasteiger partial charge in [0.1, 0.15) is 5.75 Å². The van der Waals surface area contributed by atoms with Crippen molar-refractivity contribution in [2.24, 2.45) is 0 Å². The highest BCUT2D eigenvalue weighted by Crippen LogP contribution is 2.31. The maximum absolute atomic E-state index is 13.2. The van der Waals surface area contributed by atoms with Crippen LogP contribution in [0.15, 0.2) is 66.7 Å². The van der Waals surface area contributed by atoms with Crippen LogP contribution in [0, 0.1) is 0 Å². The standard InChI is InChI=1S/C28H29ClN4O3/c1-36-26-9-5-4-8-25(26)33-16-14-32(15-17-33)24-13-12-20(18-22(24)28(35)30-19-10-11-19)31-27(34)21-6-2-3-7-23(21)29/h2-9,12-13,18-19H,10-11,14-17H2,1H3,(H,30,35)(H,31,34). The van der Waals surface area contributed by atoms with Crippen LogP contribution in [-0.4, -0.2) is 51.1 Å². The number of piperazine rings is 1. The highest BCUT2D eigenvalue weighted by atomic mass is 35.5. The molecule has 8 heteroatoms. The Labute approximate surface area is 216 Å². The molecule has 1 heterocycles. The number of methoxy groups -OCH3 is 1. The second-order valence-electron chi connectivity index (χ2n) is 9.06. The van der Waals surface area contributed by atoms with Crippen molar-refractivity contribution >= 4 is 40.5 Å². The number of nitrogens with one attached hydrogen (secondary N) is 2. The molecule has 2 N–H and O–H groups in total. The summed E-state index contributed by atoms with van der Waals surface area (Å²) in [4.78, 5) is 30.5.